The molecular formula is C9H9ClN2O3. The first kappa shape index (κ1) is 10.2. The van der Waals surface area contributed by atoms with Crippen molar-refractivity contribution in [1.82, 2.24) is 0 Å². The SMILES string of the molecule is N[C@@H]1CCOc2c(Cl)ccc([N+](=O)[O-])c21. The van der Waals surface area contributed by atoms with Gasteiger partial charge in [0.2, 0.25) is 0 Å². The van der Waals surface area contributed by atoms with Crippen LogP contribution in [0.15, 0.2) is 12.1 Å². The highest BCUT2D eigenvalue weighted by molar-refractivity contribution is 6.32. The van der Waals surface area contributed by atoms with Gasteiger partial charge >= 0.3 is 0 Å². The van der Waals surface area contributed by atoms with Crippen LogP contribution in [0.4, 0.5) is 5.69 Å². The summed E-state index contributed by atoms with van der Waals surface area (Å²) in [6.07, 6.45) is 0.564. The minimum atomic E-state index is -0.469. The molecule has 80 valence electrons. The van der Waals surface area contributed by atoms with Crippen LogP contribution >= 0.6 is 11.6 Å². The second kappa shape index (κ2) is 3.67. The van der Waals surface area contributed by atoms with Crippen molar-refractivity contribution in [3.05, 3.63) is 32.8 Å². The van der Waals surface area contributed by atoms with Gasteiger partial charge in [0.15, 0.2) is 0 Å². The molecule has 1 heterocycles. The van der Waals surface area contributed by atoms with Crippen LogP contribution in [0.1, 0.15) is 18.0 Å². The molecule has 0 unspecified atom stereocenters. The van der Waals surface area contributed by atoms with Crippen molar-refractivity contribution in [1.29, 1.82) is 0 Å². The molecule has 2 N–H and O–H groups in total. The highest BCUT2D eigenvalue weighted by atomic mass is 35.5. The monoisotopic (exact) mass is 228 g/mol. The van der Waals surface area contributed by atoms with Crippen molar-refractivity contribution < 1.29 is 9.66 Å². The van der Waals surface area contributed by atoms with Crippen LogP contribution in [-0.2, 0) is 0 Å². The van der Waals surface area contributed by atoms with E-state index in [9.17, 15) is 10.1 Å². The number of hydrogen-bond acceptors (Lipinski definition) is 4. The van der Waals surface area contributed by atoms with E-state index in [1.165, 1.54) is 12.1 Å². The van der Waals surface area contributed by atoms with Crippen LogP contribution in [0.2, 0.25) is 5.02 Å². The Morgan fingerprint density at radius 1 is 1.60 bits per heavy atom. The highest BCUT2D eigenvalue weighted by Crippen LogP contribution is 2.42. The lowest BCUT2D eigenvalue weighted by atomic mass is 9.99. The van der Waals surface area contributed by atoms with Crippen LogP contribution in [0, 0.1) is 10.1 Å². The van der Waals surface area contributed by atoms with Gasteiger partial charge in [-0.15, -0.1) is 0 Å². The number of benzene rings is 1. The molecule has 2 rings (SSSR count). The lowest BCUT2D eigenvalue weighted by Crippen LogP contribution is -2.22. The Kier molecular flexibility index (Phi) is 2.50. The van der Waals surface area contributed by atoms with Crippen molar-refractivity contribution in [3.8, 4) is 5.75 Å². The van der Waals surface area contributed by atoms with E-state index in [2.05, 4.69) is 0 Å². The highest BCUT2D eigenvalue weighted by Gasteiger charge is 2.29. The summed E-state index contributed by atoms with van der Waals surface area (Å²) in [5.74, 6) is 0.351. The molecule has 0 spiro atoms. The number of hydrogen-bond donors (Lipinski definition) is 1. The number of rotatable bonds is 1. The third-order valence-corrected chi connectivity index (χ3v) is 2.67. The maximum absolute atomic E-state index is 10.8. The first-order valence-corrected chi connectivity index (χ1v) is 4.84. The van der Waals surface area contributed by atoms with Gasteiger partial charge in [0, 0.05) is 18.5 Å². The summed E-state index contributed by atoms with van der Waals surface area (Å²) in [6.45, 7) is 0.440. The van der Waals surface area contributed by atoms with E-state index in [1.54, 1.807) is 0 Å². The molecule has 0 aromatic heterocycles. The smallest absolute Gasteiger partial charge is 0.278 e. The molecule has 6 heteroatoms. The van der Waals surface area contributed by atoms with Crippen LogP contribution in [0.25, 0.3) is 0 Å². The summed E-state index contributed by atoms with van der Waals surface area (Å²) in [5, 5.41) is 11.1. The number of nitro benzene ring substituents is 1. The lowest BCUT2D eigenvalue weighted by molar-refractivity contribution is -0.385. The molecule has 1 aromatic rings. The zero-order valence-corrected chi connectivity index (χ0v) is 8.53. The van der Waals surface area contributed by atoms with E-state index in [-0.39, 0.29) is 11.7 Å². The van der Waals surface area contributed by atoms with Gasteiger partial charge in [0.05, 0.1) is 22.1 Å². The van der Waals surface area contributed by atoms with E-state index in [4.69, 9.17) is 22.1 Å². The fourth-order valence-electron chi connectivity index (χ4n) is 1.66. The summed E-state index contributed by atoms with van der Waals surface area (Å²) in [4.78, 5) is 10.3. The number of ether oxygens (including phenoxy) is 1. The number of nitrogens with zero attached hydrogens (tertiary/aromatic N) is 1. The van der Waals surface area contributed by atoms with E-state index in [0.717, 1.165) is 0 Å². The fourth-order valence-corrected chi connectivity index (χ4v) is 1.88. The van der Waals surface area contributed by atoms with Gasteiger partial charge in [-0.3, -0.25) is 10.1 Å². The maximum Gasteiger partial charge on any atom is 0.278 e. The third kappa shape index (κ3) is 1.64. The molecule has 1 aliphatic rings. The zero-order chi connectivity index (χ0) is 11.0. The number of halogens is 1. The predicted molar refractivity (Wildman–Crippen MR) is 55.1 cm³/mol. The van der Waals surface area contributed by atoms with Crippen LogP contribution in [-0.4, -0.2) is 11.5 Å². The topological polar surface area (TPSA) is 78.4 Å². The standard InChI is InChI=1S/C9H9ClN2O3/c10-5-1-2-7(12(13)14)8-6(11)3-4-15-9(5)8/h1-2,6H,3-4,11H2/t6-/m1/s1. The second-order valence-corrected chi connectivity index (χ2v) is 3.72. The Bertz CT molecular complexity index is 422. The van der Waals surface area contributed by atoms with E-state index >= 15 is 0 Å². The fraction of sp³-hybridized carbons (Fsp3) is 0.333. The Morgan fingerprint density at radius 2 is 2.33 bits per heavy atom. The van der Waals surface area contributed by atoms with Crippen molar-refractivity contribution in [2.75, 3.05) is 6.61 Å². The Hall–Kier alpha value is -1.33. The molecule has 0 aliphatic carbocycles. The molecule has 0 radical (unpaired) electrons. The van der Waals surface area contributed by atoms with Gasteiger partial charge in [-0.25, -0.2) is 0 Å². The number of nitro groups is 1. The summed E-state index contributed by atoms with van der Waals surface area (Å²) in [5.41, 5.74) is 6.19. The minimum Gasteiger partial charge on any atom is -0.491 e. The van der Waals surface area contributed by atoms with Crippen molar-refractivity contribution >= 4 is 17.3 Å². The molecule has 1 aromatic carbocycles. The van der Waals surface area contributed by atoms with Crippen molar-refractivity contribution in [2.24, 2.45) is 5.73 Å². The molecular weight excluding hydrogens is 220 g/mol. The summed E-state index contributed by atoms with van der Waals surface area (Å²) >= 11 is 5.88. The largest absolute Gasteiger partial charge is 0.491 e. The van der Waals surface area contributed by atoms with E-state index in [0.29, 0.717) is 29.4 Å². The molecule has 1 aliphatic heterocycles. The zero-order valence-electron chi connectivity index (χ0n) is 7.77. The Labute approximate surface area is 90.9 Å². The summed E-state index contributed by atoms with van der Waals surface area (Å²) in [6, 6.07) is 2.43. The van der Waals surface area contributed by atoms with Crippen molar-refractivity contribution in [3.63, 3.8) is 0 Å². The average molecular weight is 229 g/mol. The Balaban J connectivity index is 2.65. The molecule has 0 saturated carbocycles. The second-order valence-electron chi connectivity index (χ2n) is 3.31. The van der Waals surface area contributed by atoms with Gasteiger partial charge in [-0.2, -0.15) is 0 Å². The first-order chi connectivity index (χ1) is 7.11. The van der Waals surface area contributed by atoms with Crippen LogP contribution < -0.4 is 10.5 Å². The number of fused-ring (bicyclic) bond motifs is 1. The minimum absolute atomic E-state index is 0.0263. The van der Waals surface area contributed by atoms with Gasteiger partial charge in [-0.05, 0) is 6.07 Å². The van der Waals surface area contributed by atoms with Gasteiger partial charge in [0.1, 0.15) is 5.75 Å². The number of nitrogens with two attached hydrogens (primary N) is 1. The summed E-state index contributed by atoms with van der Waals surface area (Å²) < 4.78 is 5.30. The molecule has 0 fully saturated rings. The normalized spacial score (nSPS) is 19.2. The Morgan fingerprint density at radius 3 is 3.00 bits per heavy atom. The maximum atomic E-state index is 10.8. The molecule has 5 nitrogen and oxygen atoms in total. The van der Waals surface area contributed by atoms with E-state index in [1.807, 2.05) is 0 Å². The molecule has 0 amide bonds. The van der Waals surface area contributed by atoms with Gasteiger partial charge < -0.3 is 10.5 Å². The first-order valence-electron chi connectivity index (χ1n) is 4.46. The van der Waals surface area contributed by atoms with E-state index < -0.39 is 4.92 Å². The average Bonchev–Trinajstić information content (AvgIpc) is 2.19. The molecule has 0 bridgehead atoms. The predicted octanol–water partition coefficient (Wildman–Crippen LogP) is 2.03. The van der Waals surface area contributed by atoms with Crippen LogP contribution in [0.3, 0.4) is 0 Å². The molecule has 15 heavy (non-hydrogen) atoms. The summed E-state index contributed by atoms with van der Waals surface area (Å²) in [7, 11) is 0. The van der Waals surface area contributed by atoms with Gasteiger partial charge in [0.25, 0.3) is 5.69 Å². The van der Waals surface area contributed by atoms with Crippen LogP contribution in [0.5, 0.6) is 5.75 Å². The molecule has 1 atom stereocenters. The quantitative estimate of drug-likeness (QED) is 0.589. The van der Waals surface area contributed by atoms with Crippen molar-refractivity contribution in [2.45, 2.75) is 12.5 Å². The third-order valence-electron chi connectivity index (χ3n) is 2.37. The molecule has 0 saturated heterocycles. The van der Waals surface area contributed by atoms with Gasteiger partial charge in [-0.1, -0.05) is 11.6 Å². The lowest BCUT2D eigenvalue weighted by Gasteiger charge is -2.23.